The first-order valence-electron chi connectivity index (χ1n) is 6.34. The van der Waals surface area contributed by atoms with Crippen molar-refractivity contribution in [2.45, 2.75) is 24.5 Å². The second-order valence-electron chi connectivity index (χ2n) is 4.81. The van der Waals surface area contributed by atoms with Gasteiger partial charge in [0.1, 0.15) is 5.65 Å². The van der Waals surface area contributed by atoms with E-state index in [0.717, 1.165) is 17.1 Å². The molecule has 0 aliphatic heterocycles. The van der Waals surface area contributed by atoms with Gasteiger partial charge < -0.3 is 4.40 Å². The number of pyridine rings is 1. The maximum absolute atomic E-state index is 4.63. The molecule has 0 amide bonds. The summed E-state index contributed by atoms with van der Waals surface area (Å²) in [6.45, 7) is 4.22. The molecule has 0 saturated carbocycles. The highest BCUT2D eigenvalue weighted by atomic mass is 32.2. The lowest BCUT2D eigenvalue weighted by atomic mass is 10.2. The van der Waals surface area contributed by atoms with E-state index in [0.29, 0.717) is 0 Å². The van der Waals surface area contributed by atoms with Crippen LogP contribution in [-0.2, 0) is 5.75 Å². The van der Waals surface area contributed by atoms with Crippen LogP contribution in [0.1, 0.15) is 16.8 Å². The first kappa shape index (κ1) is 12.3. The zero-order valence-electron chi connectivity index (χ0n) is 11.1. The lowest BCUT2D eigenvalue weighted by Crippen LogP contribution is -1.82. The molecule has 0 atom stereocenters. The molecule has 0 bridgehead atoms. The van der Waals surface area contributed by atoms with Gasteiger partial charge in [-0.2, -0.15) is 0 Å². The van der Waals surface area contributed by atoms with Crippen LogP contribution in [0.15, 0.2) is 53.7 Å². The summed E-state index contributed by atoms with van der Waals surface area (Å²) >= 11 is 1.83. The lowest BCUT2D eigenvalue weighted by Gasteiger charge is -2.00. The smallest absolute Gasteiger partial charge is 0.137 e. The molecule has 0 saturated heterocycles. The number of rotatable bonds is 3. The summed E-state index contributed by atoms with van der Waals surface area (Å²) in [6, 6.07) is 12.8. The zero-order chi connectivity index (χ0) is 13.2. The van der Waals surface area contributed by atoms with E-state index in [-0.39, 0.29) is 0 Å². The molecule has 0 unspecified atom stereocenters. The van der Waals surface area contributed by atoms with Crippen LogP contribution in [0.2, 0.25) is 0 Å². The minimum atomic E-state index is 0.907. The van der Waals surface area contributed by atoms with Gasteiger partial charge in [-0.25, -0.2) is 4.98 Å². The summed E-state index contributed by atoms with van der Waals surface area (Å²) in [6.07, 6.45) is 4.23. The van der Waals surface area contributed by atoms with E-state index in [1.165, 1.54) is 16.0 Å². The van der Waals surface area contributed by atoms with Gasteiger partial charge in [-0.1, -0.05) is 23.8 Å². The molecule has 3 aromatic rings. The SMILES string of the molecule is Cc1cccc(SCc2cn3cc(C)ccc3n2)c1. The highest BCUT2D eigenvalue weighted by molar-refractivity contribution is 7.98. The molecule has 0 fully saturated rings. The average molecular weight is 268 g/mol. The number of aromatic nitrogens is 2. The summed E-state index contributed by atoms with van der Waals surface area (Å²) in [5.74, 6) is 0.907. The van der Waals surface area contributed by atoms with Gasteiger partial charge in [0.15, 0.2) is 0 Å². The van der Waals surface area contributed by atoms with E-state index in [2.05, 4.69) is 72.0 Å². The lowest BCUT2D eigenvalue weighted by molar-refractivity contribution is 1.15. The number of hydrogen-bond donors (Lipinski definition) is 0. The molecule has 0 aliphatic rings. The number of nitrogens with zero attached hydrogens (tertiary/aromatic N) is 2. The Labute approximate surface area is 117 Å². The molecule has 1 aromatic carbocycles. The van der Waals surface area contributed by atoms with Crippen LogP contribution in [0, 0.1) is 13.8 Å². The maximum atomic E-state index is 4.63. The molecule has 0 radical (unpaired) electrons. The van der Waals surface area contributed by atoms with Gasteiger partial charge in [-0.3, -0.25) is 0 Å². The zero-order valence-corrected chi connectivity index (χ0v) is 11.9. The summed E-state index contributed by atoms with van der Waals surface area (Å²) < 4.78 is 2.10. The highest BCUT2D eigenvalue weighted by Crippen LogP contribution is 2.23. The predicted octanol–water partition coefficient (Wildman–Crippen LogP) is 4.24. The molecular weight excluding hydrogens is 252 g/mol. The molecule has 0 aliphatic carbocycles. The number of fused-ring (bicyclic) bond motifs is 1. The molecule has 2 heterocycles. The molecule has 19 heavy (non-hydrogen) atoms. The Hall–Kier alpha value is -1.74. The minimum absolute atomic E-state index is 0.907. The van der Waals surface area contributed by atoms with Crippen molar-refractivity contribution in [1.29, 1.82) is 0 Å². The number of imidazole rings is 1. The monoisotopic (exact) mass is 268 g/mol. The van der Waals surface area contributed by atoms with E-state index in [9.17, 15) is 0 Å². The molecule has 96 valence electrons. The fourth-order valence-electron chi connectivity index (χ4n) is 2.09. The summed E-state index contributed by atoms with van der Waals surface area (Å²) in [5, 5.41) is 0. The Morgan fingerprint density at radius 1 is 1.05 bits per heavy atom. The van der Waals surface area contributed by atoms with E-state index in [1.807, 2.05) is 11.8 Å². The van der Waals surface area contributed by atoms with Crippen molar-refractivity contribution in [1.82, 2.24) is 9.38 Å². The molecule has 2 aromatic heterocycles. The van der Waals surface area contributed by atoms with E-state index in [4.69, 9.17) is 0 Å². The van der Waals surface area contributed by atoms with Crippen molar-refractivity contribution >= 4 is 17.4 Å². The maximum Gasteiger partial charge on any atom is 0.137 e. The largest absolute Gasteiger partial charge is 0.307 e. The highest BCUT2D eigenvalue weighted by Gasteiger charge is 2.03. The predicted molar refractivity (Wildman–Crippen MR) is 80.7 cm³/mol. The van der Waals surface area contributed by atoms with Crippen LogP contribution >= 0.6 is 11.8 Å². The molecular formula is C16H16N2S. The van der Waals surface area contributed by atoms with Gasteiger partial charge in [0, 0.05) is 23.0 Å². The number of benzene rings is 1. The Kier molecular flexibility index (Phi) is 3.30. The van der Waals surface area contributed by atoms with Crippen LogP contribution < -0.4 is 0 Å². The molecule has 3 rings (SSSR count). The third-order valence-electron chi connectivity index (χ3n) is 3.03. The fraction of sp³-hybridized carbons (Fsp3) is 0.188. The molecule has 3 heteroatoms. The summed E-state index contributed by atoms with van der Waals surface area (Å²) in [5.41, 5.74) is 4.70. The van der Waals surface area contributed by atoms with Gasteiger partial charge in [-0.05, 0) is 37.6 Å². The van der Waals surface area contributed by atoms with Crippen LogP contribution in [0.5, 0.6) is 0 Å². The Morgan fingerprint density at radius 3 is 2.79 bits per heavy atom. The van der Waals surface area contributed by atoms with Crippen molar-refractivity contribution in [3.63, 3.8) is 0 Å². The summed E-state index contributed by atoms with van der Waals surface area (Å²) in [7, 11) is 0. The first-order chi connectivity index (χ1) is 9.20. The van der Waals surface area contributed by atoms with Crippen molar-refractivity contribution in [3.8, 4) is 0 Å². The van der Waals surface area contributed by atoms with Crippen LogP contribution in [0.25, 0.3) is 5.65 Å². The standard InChI is InChI=1S/C16H16N2S/c1-12-4-3-5-15(8-12)19-11-14-10-18-9-13(2)6-7-16(18)17-14/h3-10H,11H2,1-2H3. The van der Waals surface area contributed by atoms with Gasteiger partial charge in [-0.15, -0.1) is 11.8 Å². The number of thioether (sulfide) groups is 1. The van der Waals surface area contributed by atoms with Gasteiger partial charge in [0.05, 0.1) is 5.69 Å². The van der Waals surface area contributed by atoms with Crippen LogP contribution in [0.4, 0.5) is 0 Å². The molecule has 0 N–H and O–H groups in total. The van der Waals surface area contributed by atoms with E-state index in [1.54, 1.807) is 0 Å². The van der Waals surface area contributed by atoms with Crippen molar-refractivity contribution in [2.75, 3.05) is 0 Å². The van der Waals surface area contributed by atoms with E-state index >= 15 is 0 Å². The normalized spacial score (nSPS) is 11.1. The minimum Gasteiger partial charge on any atom is -0.307 e. The number of hydrogen-bond acceptors (Lipinski definition) is 2. The first-order valence-corrected chi connectivity index (χ1v) is 7.33. The van der Waals surface area contributed by atoms with Crippen molar-refractivity contribution in [3.05, 3.63) is 65.6 Å². The third kappa shape index (κ3) is 2.82. The Bertz CT molecular complexity index is 716. The van der Waals surface area contributed by atoms with Gasteiger partial charge >= 0.3 is 0 Å². The third-order valence-corrected chi connectivity index (χ3v) is 4.05. The fourth-order valence-corrected chi connectivity index (χ4v) is 2.99. The molecule has 0 spiro atoms. The van der Waals surface area contributed by atoms with Crippen molar-refractivity contribution < 1.29 is 0 Å². The number of aryl methyl sites for hydroxylation is 2. The van der Waals surface area contributed by atoms with Gasteiger partial charge in [0.2, 0.25) is 0 Å². The van der Waals surface area contributed by atoms with Crippen molar-refractivity contribution in [2.24, 2.45) is 0 Å². The molecule has 2 nitrogen and oxygen atoms in total. The second-order valence-corrected chi connectivity index (χ2v) is 5.86. The van der Waals surface area contributed by atoms with Crippen LogP contribution in [0.3, 0.4) is 0 Å². The Morgan fingerprint density at radius 2 is 1.95 bits per heavy atom. The second kappa shape index (κ2) is 5.10. The quantitative estimate of drug-likeness (QED) is 0.661. The van der Waals surface area contributed by atoms with Gasteiger partial charge in [0.25, 0.3) is 0 Å². The topological polar surface area (TPSA) is 17.3 Å². The van der Waals surface area contributed by atoms with E-state index < -0.39 is 0 Å². The average Bonchev–Trinajstić information content (AvgIpc) is 2.78. The van der Waals surface area contributed by atoms with Crippen LogP contribution in [-0.4, -0.2) is 9.38 Å². The summed E-state index contributed by atoms with van der Waals surface area (Å²) in [4.78, 5) is 5.93. The Balaban J connectivity index is 1.78.